The van der Waals surface area contributed by atoms with Crippen molar-refractivity contribution in [2.75, 3.05) is 41.3 Å². The summed E-state index contributed by atoms with van der Waals surface area (Å²) in [5, 5.41) is 7.97. The first kappa shape index (κ1) is 24.6. The first-order valence-electron chi connectivity index (χ1n) is 9.25. The van der Waals surface area contributed by atoms with Crippen LogP contribution in [0.4, 0.5) is 0 Å². The Labute approximate surface area is 189 Å². The molecule has 0 radical (unpaired) electrons. The van der Waals surface area contributed by atoms with Crippen LogP contribution in [-0.2, 0) is 12.8 Å². The van der Waals surface area contributed by atoms with Gasteiger partial charge in [-0.05, 0) is 38.2 Å². The molecule has 1 unspecified atom stereocenters. The Balaban J connectivity index is 0.00000392. The molecule has 0 bridgehead atoms. The van der Waals surface area contributed by atoms with Crippen LogP contribution < -0.4 is 15.4 Å². The lowest BCUT2D eigenvalue weighted by Crippen LogP contribution is -2.42. The van der Waals surface area contributed by atoms with E-state index in [2.05, 4.69) is 58.7 Å². The lowest BCUT2D eigenvalue weighted by Gasteiger charge is -2.26. The largest absolute Gasteiger partial charge is 0.497 e. The highest BCUT2D eigenvalue weighted by molar-refractivity contribution is 14.0. The molecule has 0 aliphatic rings. The van der Waals surface area contributed by atoms with Gasteiger partial charge in [-0.15, -0.1) is 35.3 Å². The fourth-order valence-corrected chi connectivity index (χ4v) is 3.62. The summed E-state index contributed by atoms with van der Waals surface area (Å²) in [6.07, 6.45) is 3.93. The highest BCUT2D eigenvalue weighted by Gasteiger charge is 2.15. The number of benzene rings is 1. The molecule has 0 amide bonds. The van der Waals surface area contributed by atoms with Gasteiger partial charge in [-0.25, -0.2) is 4.98 Å². The number of nitrogens with one attached hydrogen (secondary N) is 2. The normalized spacial score (nSPS) is 12.4. The number of aryl methyl sites for hydroxylation is 1. The van der Waals surface area contributed by atoms with Crippen molar-refractivity contribution in [2.24, 2.45) is 4.99 Å². The third-order valence-electron chi connectivity index (χ3n) is 4.39. The summed E-state index contributed by atoms with van der Waals surface area (Å²) >= 11 is 1.79. The van der Waals surface area contributed by atoms with E-state index >= 15 is 0 Å². The van der Waals surface area contributed by atoms with Crippen molar-refractivity contribution in [3.8, 4) is 5.75 Å². The number of hydrogen-bond donors (Lipinski definition) is 2. The fourth-order valence-electron chi connectivity index (χ4n) is 2.75. The number of ether oxygens (including phenoxy) is 1. The van der Waals surface area contributed by atoms with Crippen molar-refractivity contribution in [1.29, 1.82) is 0 Å². The first-order valence-corrected chi connectivity index (χ1v) is 10.1. The molecule has 1 heterocycles. The summed E-state index contributed by atoms with van der Waals surface area (Å²) < 4.78 is 5.25. The smallest absolute Gasteiger partial charge is 0.191 e. The molecule has 0 saturated carbocycles. The quantitative estimate of drug-likeness (QED) is 0.304. The van der Waals surface area contributed by atoms with Gasteiger partial charge in [0.2, 0.25) is 0 Å². The van der Waals surface area contributed by atoms with Crippen LogP contribution in [0.2, 0.25) is 0 Å². The molecule has 0 saturated heterocycles. The van der Waals surface area contributed by atoms with Crippen LogP contribution in [0.15, 0.2) is 35.5 Å². The van der Waals surface area contributed by atoms with E-state index in [1.165, 1.54) is 15.4 Å². The second-order valence-corrected chi connectivity index (χ2v) is 7.66. The average molecular weight is 517 g/mol. The van der Waals surface area contributed by atoms with Crippen molar-refractivity contribution in [3.05, 3.63) is 45.9 Å². The van der Waals surface area contributed by atoms with Crippen LogP contribution in [0.5, 0.6) is 5.75 Å². The minimum atomic E-state index is 0. The molecule has 156 valence electrons. The van der Waals surface area contributed by atoms with E-state index in [0.29, 0.717) is 0 Å². The molecule has 2 N–H and O–H groups in total. The van der Waals surface area contributed by atoms with Crippen LogP contribution in [0, 0.1) is 0 Å². The van der Waals surface area contributed by atoms with Crippen LogP contribution in [0.1, 0.15) is 28.4 Å². The molecule has 0 spiro atoms. The van der Waals surface area contributed by atoms with Crippen molar-refractivity contribution >= 4 is 41.3 Å². The van der Waals surface area contributed by atoms with Gasteiger partial charge in [-0.1, -0.05) is 19.1 Å². The first-order chi connectivity index (χ1) is 13.1. The molecule has 1 atom stereocenters. The second-order valence-electron chi connectivity index (χ2n) is 6.46. The Kier molecular flexibility index (Phi) is 11.4. The Bertz CT molecular complexity index is 718. The van der Waals surface area contributed by atoms with Gasteiger partial charge in [0.25, 0.3) is 0 Å². The van der Waals surface area contributed by atoms with Gasteiger partial charge in [0.05, 0.1) is 18.2 Å². The van der Waals surface area contributed by atoms with E-state index in [4.69, 9.17) is 4.74 Å². The summed E-state index contributed by atoms with van der Waals surface area (Å²) in [4.78, 5) is 12.3. The third-order valence-corrected chi connectivity index (χ3v) is 5.59. The second kappa shape index (κ2) is 12.9. The van der Waals surface area contributed by atoms with Gasteiger partial charge in [0.15, 0.2) is 5.96 Å². The maximum absolute atomic E-state index is 5.25. The summed E-state index contributed by atoms with van der Waals surface area (Å²) in [6.45, 7) is 3.73. The molecule has 1 aromatic heterocycles. The molecule has 28 heavy (non-hydrogen) atoms. The van der Waals surface area contributed by atoms with Crippen molar-refractivity contribution in [3.63, 3.8) is 0 Å². The molecule has 2 aromatic rings. The summed E-state index contributed by atoms with van der Waals surface area (Å²) in [5.74, 6) is 1.68. The summed E-state index contributed by atoms with van der Waals surface area (Å²) in [5.41, 5.74) is 1.23. The summed E-state index contributed by atoms with van der Waals surface area (Å²) in [6, 6.07) is 8.44. The van der Waals surface area contributed by atoms with E-state index in [1.54, 1.807) is 25.5 Å². The van der Waals surface area contributed by atoms with Crippen LogP contribution in [0.25, 0.3) is 0 Å². The van der Waals surface area contributed by atoms with E-state index in [0.717, 1.165) is 37.6 Å². The molecule has 0 aliphatic carbocycles. The lowest BCUT2D eigenvalue weighted by molar-refractivity contribution is 0.298. The van der Waals surface area contributed by atoms with Crippen molar-refractivity contribution in [2.45, 2.75) is 25.8 Å². The van der Waals surface area contributed by atoms with Crippen molar-refractivity contribution < 1.29 is 4.74 Å². The zero-order valence-corrected chi connectivity index (χ0v) is 20.5. The zero-order valence-electron chi connectivity index (χ0n) is 17.4. The number of methoxy groups -OCH3 is 1. The number of guanidine groups is 1. The number of aliphatic imine (C=N–C) groups is 1. The molecule has 0 aliphatic heterocycles. The Morgan fingerprint density at radius 3 is 2.50 bits per heavy atom. The van der Waals surface area contributed by atoms with E-state index in [9.17, 15) is 0 Å². The van der Waals surface area contributed by atoms with Gasteiger partial charge >= 0.3 is 0 Å². The summed E-state index contributed by atoms with van der Waals surface area (Å²) in [7, 11) is 7.65. The lowest BCUT2D eigenvalue weighted by atomic mass is 10.1. The molecule has 2 rings (SSSR count). The van der Waals surface area contributed by atoms with Gasteiger partial charge < -0.3 is 20.3 Å². The number of rotatable bonds is 9. The minimum absolute atomic E-state index is 0. The molecular weight excluding hydrogens is 485 g/mol. The molecule has 1 aromatic carbocycles. The number of nitrogens with zero attached hydrogens (tertiary/aromatic N) is 3. The number of thiazole rings is 1. The maximum Gasteiger partial charge on any atom is 0.191 e. The molecule has 8 heteroatoms. The minimum Gasteiger partial charge on any atom is -0.497 e. The van der Waals surface area contributed by atoms with Gasteiger partial charge in [-0.2, -0.15) is 0 Å². The maximum atomic E-state index is 5.25. The molecular formula is C20H32IN5OS. The Hall–Kier alpha value is -1.39. The number of aromatic nitrogens is 1. The number of likely N-dealkylation sites (N-methyl/N-ethyl adjacent to an activating group) is 1. The van der Waals surface area contributed by atoms with Crippen molar-refractivity contribution in [1.82, 2.24) is 20.5 Å². The van der Waals surface area contributed by atoms with Gasteiger partial charge in [0, 0.05) is 37.6 Å². The van der Waals surface area contributed by atoms with Gasteiger partial charge in [-0.3, -0.25) is 4.99 Å². The van der Waals surface area contributed by atoms with Crippen LogP contribution >= 0.6 is 35.3 Å². The topological polar surface area (TPSA) is 61.8 Å². The fraction of sp³-hybridized carbons (Fsp3) is 0.500. The molecule has 6 nitrogen and oxygen atoms in total. The van der Waals surface area contributed by atoms with E-state index in [-0.39, 0.29) is 30.0 Å². The highest BCUT2D eigenvalue weighted by atomic mass is 127. The average Bonchev–Trinajstić information content (AvgIpc) is 3.15. The Morgan fingerprint density at radius 1 is 1.25 bits per heavy atom. The Morgan fingerprint density at radius 2 is 1.96 bits per heavy atom. The SMILES string of the molecule is CCc1cnc(CCNC(=NC)NCC(c2ccc(OC)cc2)N(C)C)s1.I. The number of hydrogen-bond acceptors (Lipinski definition) is 5. The standard InChI is InChI=1S/C20H31N5OS.HI/c1-6-17-13-23-19(27-17)11-12-22-20(21-2)24-14-18(25(3)4)15-7-9-16(26-5)10-8-15;/h7-10,13,18H,6,11-12,14H2,1-5H3,(H2,21,22,24);1H. The highest BCUT2D eigenvalue weighted by Crippen LogP contribution is 2.20. The van der Waals surface area contributed by atoms with E-state index < -0.39 is 0 Å². The van der Waals surface area contributed by atoms with E-state index in [1.807, 2.05) is 18.3 Å². The number of halogens is 1. The predicted molar refractivity (Wildman–Crippen MR) is 129 cm³/mol. The third kappa shape index (κ3) is 7.56. The monoisotopic (exact) mass is 517 g/mol. The van der Waals surface area contributed by atoms with Crippen LogP contribution in [0.3, 0.4) is 0 Å². The molecule has 0 fully saturated rings. The van der Waals surface area contributed by atoms with Gasteiger partial charge in [0.1, 0.15) is 5.75 Å². The van der Waals surface area contributed by atoms with Crippen LogP contribution in [-0.4, -0.2) is 57.2 Å². The zero-order chi connectivity index (χ0) is 19.6. The predicted octanol–water partition coefficient (Wildman–Crippen LogP) is 3.34.